The van der Waals surface area contributed by atoms with Gasteiger partial charge in [-0.05, 0) is 55.4 Å². The van der Waals surface area contributed by atoms with Gasteiger partial charge in [0, 0.05) is 5.54 Å². The quantitative estimate of drug-likeness (QED) is 0.868. The van der Waals surface area contributed by atoms with Crippen LogP contribution >= 0.6 is 0 Å². The molecule has 2 heteroatoms. The molecule has 0 aromatic heterocycles. The Morgan fingerprint density at radius 2 is 2.24 bits per heavy atom. The predicted octanol–water partition coefficient (Wildman–Crippen LogP) is 3.37. The molecule has 0 radical (unpaired) electrons. The highest BCUT2D eigenvalue weighted by molar-refractivity contribution is 5.39. The number of hydrogen-bond donors (Lipinski definition) is 1. The van der Waals surface area contributed by atoms with Crippen LogP contribution in [0.5, 0.6) is 5.75 Å². The summed E-state index contributed by atoms with van der Waals surface area (Å²) in [6, 6.07) is 6.26. The zero-order chi connectivity index (χ0) is 12.5. The Labute approximate surface area is 104 Å². The molecule has 17 heavy (non-hydrogen) atoms. The summed E-state index contributed by atoms with van der Waals surface area (Å²) in [4.78, 5) is 0. The van der Waals surface area contributed by atoms with Crippen LogP contribution in [0.4, 0.5) is 0 Å². The summed E-state index contributed by atoms with van der Waals surface area (Å²) in [7, 11) is 1.70. The normalized spacial score (nSPS) is 28.4. The zero-order valence-corrected chi connectivity index (χ0v) is 11.1. The Bertz CT molecular complexity index is 402. The second kappa shape index (κ2) is 4.69. The smallest absolute Gasteiger partial charge is 0.119 e. The molecule has 0 heterocycles. The van der Waals surface area contributed by atoms with Crippen LogP contribution in [0.15, 0.2) is 18.2 Å². The van der Waals surface area contributed by atoms with Gasteiger partial charge in [0.25, 0.3) is 0 Å². The van der Waals surface area contributed by atoms with Gasteiger partial charge in [0.2, 0.25) is 0 Å². The largest absolute Gasteiger partial charge is 0.497 e. The standard InChI is InChI=1S/C15H23NO/c1-4-12-7-8-15(16,10-12)14-6-5-13(17-3)9-11(14)2/h5-6,9,12H,4,7-8,10,16H2,1-3H3. The van der Waals surface area contributed by atoms with Gasteiger partial charge in [-0.2, -0.15) is 0 Å². The molecular weight excluding hydrogens is 210 g/mol. The third kappa shape index (κ3) is 2.32. The van der Waals surface area contributed by atoms with E-state index in [9.17, 15) is 0 Å². The fourth-order valence-corrected chi connectivity index (χ4v) is 3.10. The summed E-state index contributed by atoms with van der Waals surface area (Å²) >= 11 is 0. The van der Waals surface area contributed by atoms with Crippen LogP contribution in [0.1, 0.15) is 43.7 Å². The first-order chi connectivity index (χ1) is 8.09. The van der Waals surface area contributed by atoms with E-state index in [1.165, 1.54) is 24.0 Å². The highest BCUT2D eigenvalue weighted by Crippen LogP contribution is 2.42. The van der Waals surface area contributed by atoms with Crippen molar-refractivity contribution in [3.05, 3.63) is 29.3 Å². The first-order valence-electron chi connectivity index (χ1n) is 6.53. The van der Waals surface area contributed by atoms with E-state index >= 15 is 0 Å². The second-order valence-electron chi connectivity index (χ2n) is 5.35. The van der Waals surface area contributed by atoms with Crippen LogP contribution in [-0.2, 0) is 5.54 Å². The van der Waals surface area contributed by atoms with Crippen LogP contribution in [0.2, 0.25) is 0 Å². The van der Waals surface area contributed by atoms with Crippen molar-refractivity contribution in [1.82, 2.24) is 0 Å². The molecule has 2 atom stereocenters. The summed E-state index contributed by atoms with van der Waals surface area (Å²) in [5, 5.41) is 0. The van der Waals surface area contributed by atoms with Crippen LogP contribution in [0.3, 0.4) is 0 Å². The maximum atomic E-state index is 6.60. The second-order valence-corrected chi connectivity index (χ2v) is 5.35. The van der Waals surface area contributed by atoms with E-state index in [1.54, 1.807) is 7.11 Å². The number of methoxy groups -OCH3 is 1. The first kappa shape index (κ1) is 12.4. The summed E-state index contributed by atoms with van der Waals surface area (Å²) in [6.45, 7) is 4.39. The van der Waals surface area contributed by atoms with Crippen molar-refractivity contribution in [2.45, 2.75) is 45.1 Å². The molecule has 0 saturated heterocycles. The van der Waals surface area contributed by atoms with E-state index in [1.807, 2.05) is 6.07 Å². The van der Waals surface area contributed by atoms with Gasteiger partial charge < -0.3 is 10.5 Å². The van der Waals surface area contributed by atoms with Crippen molar-refractivity contribution in [3.8, 4) is 5.75 Å². The van der Waals surface area contributed by atoms with E-state index in [0.29, 0.717) is 0 Å². The predicted molar refractivity (Wildman–Crippen MR) is 71.2 cm³/mol. The van der Waals surface area contributed by atoms with E-state index < -0.39 is 0 Å². The molecule has 1 aromatic carbocycles. The Morgan fingerprint density at radius 3 is 2.76 bits per heavy atom. The monoisotopic (exact) mass is 233 g/mol. The maximum absolute atomic E-state index is 6.60. The van der Waals surface area contributed by atoms with Crippen molar-refractivity contribution >= 4 is 0 Å². The molecule has 0 amide bonds. The zero-order valence-electron chi connectivity index (χ0n) is 11.1. The fourth-order valence-electron chi connectivity index (χ4n) is 3.10. The molecule has 2 nitrogen and oxygen atoms in total. The molecule has 1 aliphatic carbocycles. The van der Waals surface area contributed by atoms with Crippen molar-refractivity contribution in [1.29, 1.82) is 0 Å². The van der Waals surface area contributed by atoms with Crippen molar-refractivity contribution < 1.29 is 4.74 Å². The number of nitrogens with two attached hydrogens (primary N) is 1. The minimum Gasteiger partial charge on any atom is -0.497 e. The summed E-state index contributed by atoms with van der Waals surface area (Å²) in [6.07, 6.45) is 4.74. The number of hydrogen-bond acceptors (Lipinski definition) is 2. The lowest BCUT2D eigenvalue weighted by molar-refractivity contribution is 0.408. The lowest BCUT2D eigenvalue weighted by Crippen LogP contribution is -2.34. The van der Waals surface area contributed by atoms with Crippen LogP contribution in [0.25, 0.3) is 0 Å². The minimum absolute atomic E-state index is 0.114. The van der Waals surface area contributed by atoms with E-state index in [0.717, 1.165) is 24.5 Å². The molecule has 0 spiro atoms. The third-order valence-electron chi connectivity index (χ3n) is 4.20. The summed E-state index contributed by atoms with van der Waals surface area (Å²) < 4.78 is 5.25. The number of aryl methyl sites for hydroxylation is 1. The molecule has 1 fully saturated rings. The maximum Gasteiger partial charge on any atom is 0.119 e. The Morgan fingerprint density at radius 1 is 1.47 bits per heavy atom. The van der Waals surface area contributed by atoms with Crippen molar-refractivity contribution in [2.75, 3.05) is 7.11 Å². The SMILES string of the molecule is CCC1CCC(N)(c2ccc(OC)cc2C)C1. The van der Waals surface area contributed by atoms with E-state index in [-0.39, 0.29) is 5.54 Å². The van der Waals surface area contributed by atoms with Gasteiger partial charge in [0.1, 0.15) is 5.75 Å². The van der Waals surface area contributed by atoms with Gasteiger partial charge in [0.15, 0.2) is 0 Å². The highest BCUT2D eigenvalue weighted by atomic mass is 16.5. The fraction of sp³-hybridized carbons (Fsp3) is 0.600. The number of benzene rings is 1. The molecule has 0 aliphatic heterocycles. The molecule has 2 N–H and O–H groups in total. The number of rotatable bonds is 3. The number of ether oxygens (including phenoxy) is 1. The third-order valence-corrected chi connectivity index (χ3v) is 4.20. The van der Waals surface area contributed by atoms with E-state index in [2.05, 4.69) is 26.0 Å². The van der Waals surface area contributed by atoms with Crippen LogP contribution < -0.4 is 10.5 Å². The van der Waals surface area contributed by atoms with Gasteiger partial charge >= 0.3 is 0 Å². The van der Waals surface area contributed by atoms with Gasteiger partial charge in [-0.25, -0.2) is 0 Å². The minimum atomic E-state index is -0.114. The highest BCUT2D eigenvalue weighted by Gasteiger charge is 2.37. The molecule has 2 rings (SSSR count). The van der Waals surface area contributed by atoms with Gasteiger partial charge in [-0.15, -0.1) is 0 Å². The molecule has 1 aliphatic rings. The summed E-state index contributed by atoms with van der Waals surface area (Å²) in [5.74, 6) is 1.71. The first-order valence-corrected chi connectivity index (χ1v) is 6.53. The molecule has 1 aromatic rings. The molecule has 0 bridgehead atoms. The van der Waals surface area contributed by atoms with E-state index in [4.69, 9.17) is 10.5 Å². The molecule has 94 valence electrons. The summed E-state index contributed by atoms with van der Waals surface area (Å²) in [5.41, 5.74) is 9.04. The van der Waals surface area contributed by atoms with Crippen LogP contribution in [0, 0.1) is 12.8 Å². The van der Waals surface area contributed by atoms with Gasteiger partial charge in [-0.3, -0.25) is 0 Å². The molecule has 1 saturated carbocycles. The van der Waals surface area contributed by atoms with Crippen molar-refractivity contribution in [3.63, 3.8) is 0 Å². The molecule has 2 unspecified atom stereocenters. The lowest BCUT2D eigenvalue weighted by atomic mass is 9.85. The van der Waals surface area contributed by atoms with Crippen molar-refractivity contribution in [2.24, 2.45) is 11.7 Å². The van der Waals surface area contributed by atoms with Crippen LogP contribution in [-0.4, -0.2) is 7.11 Å². The Kier molecular flexibility index (Phi) is 3.43. The molecular formula is C15H23NO. The Hall–Kier alpha value is -1.02. The average Bonchev–Trinajstić information content (AvgIpc) is 2.71. The van der Waals surface area contributed by atoms with Gasteiger partial charge in [0.05, 0.1) is 7.11 Å². The average molecular weight is 233 g/mol. The van der Waals surface area contributed by atoms with Gasteiger partial charge in [-0.1, -0.05) is 19.4 Å². The Balaban J connectivity index is 2.28. The topological polar surface area (TPSA) is 35.2 Å². The lowest BCUT2D eigenvalue weighted by Gasteiger charge is -2.27.